The smallest absolute Gasteiger partial charge is 0.226 e. The number of halogens is 1. The molecule has 1 aliphatic carbocycles. The van der Waals surface area contributed by atoms with Crippen molar-refractivity contribution in [3.05, 3.63) is 65.7 Å². The largest absolute Gasteiger partial charge is 0.489 e. The summed E-state index contributed by atoms with van der Waals surface area (Å²) in [6.45, 7) is 2.96. The normalized spacial score (nSPS) is 23.6. The van der Waals surface area contributed by atoms with Gasteiger partial charge in [0.15, 0.2) is 0 Å². The zero-order valence-electron chi connectivity index (χ0n) is 15.4. The minimum absolute atomic E-state index is 0. The summed E-state index contributed by atoms with van der Waals surface area (Å²) in [5.41, 5.74) is 8.13. The van der Waals surface area contributed by atoms with Crippen LogP contribution in [-0.2, 0) is 11.4 Å². The van der Waals surface area contributed by atoms with E-state index in [-0.39, 0.29) is 18.3 Å². The fraction of sp³-hybridized carbons (Fsp3) is 0.409. The molecule has 4 nitrogen and oxygen atoms in total. The molecule has 1 saturated heterocycles. The van der Waals surface area contributed by atoms with Gasteiger partial charge in [-0.2, -0.15) is 0 Å². The predicted octanol–water partition coefficient (Wildman–Crippen LogP) is 3.60. The molecule has 1 heterocycles. The predicted molar refractivity (Wildman–Crippen MR) is 109 cm³/mol. The van der Waals surface area contributed by atoms with Crippen LogP contribution in [0.4, 0.5) is 0 Å². The number of rotatable bonds is 6. The van der Waals surface area contributed by atoms with E-state index in [4.69, 9.17) is 10.5 Å². The van der Waals surface area contributed by atoms with Gasteiger partial charge in [-0.3, -0.25) is 4.79 Å². The molecule has 1 aliphatic heterocycles. The van der Waals surface area contributed by atoms with Crippen molar-refractivity contribution < 1.29 is 9.53 Å². The zero-order chi connectivity index (χ0) is 17.9. The van der Waals surface area contributed by atoms with Gasteiger partial charge in [-0.15, -0.1) is 12.4 Å². The number of carbonyl (C=O) groups is 1. The van der Waals surface area contributed by atoms with Crippen LogP contribution in [0.15, 0.2) is 54.6 Å². The number of nitrogens with two attached hydrogens (primary N) is 1. The topological polar surface area (TPSA) is 55.6 Å². The molecule has 1 saturated carbocycles. The van der Waals surface area contributed by atoms with E-state index in [1.165, 1.54) is 5.56 Å². The molecule has 3 unspecified atom stereocenters. The summed E-state index contributed by atoms with van der Waals surface area (Å²) in [4.78, 5) is 14.7. The fourth-order valence-corrected chi connectivity index (χ4v) is 3.85. The molecule has 2 aromatic carbocycles. The van der Waals surface area contributed by atoms with E-state index in [0.29, 0.717) is 30.9 Å². The summed E-state index contributed by atoms with van der Waals surface area (Å²) < 4.78 is 5.84. The first kappa shape index (κ1) is 19.7. The maximum absolute atomic E-state index is 12.6. The molecule has 0 bridgehead atoms. The zero-order valence-corrected chi connectivity index (χ0v) is 16.2. The SMILES string of the molecule is Cl.NCC1CCN(C(=O)C2CC2c2ccc(OCc3ccccc3)cc2)C1. The van der Waals surface area contributed by atoms with Crippen molar-refractivity contribution in [3.8, 4) is 5.75 Å². The summed E-state index contributed by atoms with van der Waals surface area (Å²) in [7, 11) is 0. The molecule has 1 amide bonds. The van der Waals surface area contributed by atoms with Gasteiger partial charge >= 0.3 is 0 Å². The molecule has 2 fully saturated rings. The third-order valence-electron chi connectivity index (χ3n) is 5.60. The fourth-order valence-electron chi connectivity index (χ4n) is 3.85. The molecule has 2 aliphatic rings. The maximum atomic E-state index is 12.6. The molecular weight excluding hydrogens is 360 g/mol. The van der Waals surface area contributed by atoms with Gasteiger partial charge in [0.1, 0.15) is 12.4 Å². The monoisotopic (exact) mass is 386 g/mol. The lowest BCUT2D eigenvalue weighted by Crippen LogP contribution is -2.31. The van der Waals surface area contributed by atoms with Crippen LogP contribution in [0.1, 0.15) is 29.9 Å². The van der Waals surface area contributed by atoms with Crippen LogP contribution >= 0.6 is 12.4 Å². The van der Waals surface area contributed by atoms with E-state index < -0.39 is 0 Å². The van der Waals surface area contributed by atoms with Crippen LogP contribution in [0.25, 0.3) is 0 Å². The Morgan fingerprint density at radius 3 is 2.52 bits per heavy atom. The number of benzene rings is 2. The van der Waals surface area contributed by atoms with Crippen LogP contribution in [-0.4, -0.2) is 30.4 Å². The molecule has 27 heavy (non-hydrogen) atoms. The third-order valence-corrected chi connectivity index (χ3v) is 5.60. The summed E-state index contributed by atoms with van der Waals surface area (Å²) in [6, 6.07) is 18.4. The number of ether oxygens (including phenoxy) is 1. The second-order valence-corrected chi connectivity index (χ2v) is 7.47. The highest BCUT2D eigenvalue weighted by Crippen LogP contribution is 2.49. The molecule has 0 aromatic heterocycles. The van der Waals surface area contributed by atoms with Gasteiger partial charge < -0.3 is 15.4 Å². The van der Waals surface area contributed by atoms with E-state index in [9.17, 15) is 4.79 Å². The van der Waals surface area contributed by atoms with Gasteiger partial charge in [0.05, 0.1) is 0 Å². The maximum Gasteiger partial charge on any atom is 0.226 e. The van der Waals surface area contributed by atoms with Gasteiger partial charge in [0.25, 0.3) is 0 Å². The van der Waals surface area contributed by atoms with E-state index in [2.05, 4.69) is 24.3 Å². The summed E-state index contributed by atoms with van der Waals surface area (Å²) in [6.07, 6.45) is 2.01. The molecule has 2 aromatic rings. The van der Waals surface area contributed by atoms with Crippen molar-refractivity contribution in [1.82, 2.24) is 4.90 Å². The lowest BCUT2D eigenvalue weighted by atomic mass is 10.1. The van der Waals surface area contributed by atoms with Crippen molar-refractivity contribution in [3.63, 3.8) is 0 Å². The molecule has 144 valence electrons. The van der Waals surface area contributed by atoms with Crippen LogP contribution in [0.5, 0.6) is 5.75 Å². The van der Waals surface area contributed by atoms with Gasteiger partial charge in [0.2, 0.25) is 5.91 Å². The van der Waals surface area contributed by atoms with Gasteiger partial charge in [0, 0.05) is 19.0 Å². The van der Waals surface area contributed by atoms with Crippen molar-refractivity contribution in [2.75, 3.05) is 19.6 Å². The molecule has 4 rings (SSSR count). The third kappa shape index (κ3) is 4.63. The first-order valence-corrected chi connectivity index (χ1v) is 9.50. The molecular formula is C22H27ClN2O2. The van der Waals surface area contributed by atoms with Crippen molar-refractivity contribution in [2.45, 2.75) is 25.4 Å². The average molecular weight is 387 g/mol. The Balaban J connectivity index is 0.00000210. The Bertz CT molecular complexity index is 751. The molecule has 2 N–H and O–H groups in total. The number of likely N-dealkylation sites (tertiary alicyclic amines) is 1. The average Bonchev–Trinajstić information content (AvgIpc) is 3.35. The Morgan fingerprint density at radius 1 is 1.11 bits per heavy atom. The molecule has 5 heteroatoms. The van der Waals surface area contributed by atoms with Crippen LogP contribution in [0.3, 0.4) is 0 Å². The highest BCUT2D eigenvalue weighted by Gasteiger charge is 2.46. The molecule has 0 spiro atoms. The van der Waals surface area contributed by atoms with Crippen molar-refractivity contribution in [2.24, 2.45) is 17.6 Å². The summed E-state index contributed by atoms with van der Waals surface area (Å²) >= 11 is 0. The second kappa shape index (κ2) is 8.77. The lowest BCUT2D eigenvalue weighted by Gasteiger charge is -2.16. The van der Waals surface area contributed by atoms with E-state index >= 15 is 0 Å². The number of hydrogen-bond donors (Lipinski definition) is 1. The lowest BCUT2D eigenvalue weighted by molar-refractivity contribution is -0.131. The minimum Gasteiger partial charge on any atom is -0.489 e. The standard InChI is InChI=1S/C22H26N2O2.ClH/c23-13-17-10-11-24(14-17)22(25)21-12-20(21)18-6-8-19(9-7-18)26-15-16-4-2-1-3-5-16;/h1-9,17,20-21H,10-15,23H2;1H. The first-order chi connectivity index (χ1) is 12.7. The van der Waals surface area contributed by atoms with Gasteiger partial charge in [-0.05, 0) is 54.5 Å². The minimum atomic E-state index is 0. The summed E-state index contributed by atoms with van der Waals surface area (Å²) in [5.74, 6) is 2.18. The van der Waals surface area contributed by atoms with E-state index in [1.54, 1.807) is 0 Å². The quantitative estimate of drug-likeness (QED) is 0.825. The Hall–Kier alpha value is -2.04. The number of carbonyl (C=O) groups excluding carboxylic acids is 1. The van der Waals surface area contributed by atoms with Crippen LogP contribution < -0.4 is 10.5 Å². The van der Waals surface area contributed by atoms with Gasteiger partial charge in [-0.1, -0.05) is 42.5 Å². The first-order valence-electron chi connectivity index (χ1n) is 9.50. The Kier molecular flexibility index (Phi) is 6.40. The highest BCUT2D eigenvalue weighted by atomic mass is 35.5. The number of nitrogens with zero attached hydrogens (tertiary/aromatic N) is 1. The van der Waals surface area contributed by atoms with E-state index in [0.717, 1.165) is 37.2 Å². The summed E-state index contributed by atoms with van der Waals surface area (Å²) in [5, 5.41) is 0. The van der Waals surface area contributed by atoms with Crippen LogP contribution in [0.2, 0.25) is 0 Å². The van der Waals surface area contributed by atoms with Crippen LogP contribution in [0, 0.1) is 11.8 Å². The Morgan fingerprint density at radius 2 is 1.85 bits per heavy atom. The highest BCUT2D eigenvalue weighted by molar-refractivity contribution is 5.85. The Labute approximate surface area is 167 Å². The second-order valence-electron chi connectivity index (χ2n) is 7.47. The van der Waals surface area contributed by atoms with Crippen molar-refractivity contribution >= 4 is 18.3 Å². The molecule has 3 atom stereocenters. The number of amides is 1. The molecule has 0 radical (unpaired) electrons. The van der Waals surface area contributed by atoms with Crippen molar-refractivity contribution in [1.29, 1.82) is 0 Å². The number of hydrogen-bond acceptors (Lipinski definition) is 3. The van der Waals surface area contributed by atoms with Gasteiger partial charge in [-0.25, -0.2) is 0 Å². The van der Waals surface area contributed by atoms with E-state index in [1.807, 2.05) is 35.2 Å².